The minimum absolute atomic E-state index is 0.386. The Hall–Kier alpha value is -1.39. The summed E-state index contributed by atoms with van der Waals surface area (Å²) in [5.41, 5.74) is 3.65. The van der Waals surface area contributed by atoms with Crippen molar-refractivity contribution < 1.29 is 9.84 Å². The SMILES string of the molecule is CC[C@H](O)c1ccc(OCc2cscn2)cc1. The molecule has 1 N–H and O–H groups in total. The summed E-state index contributed by atoms with van der Waals surface area (Å²) < 4.78 is 5.58. The van der Waals surface area contributed by atoms with Gasteiger partial charge in [-0.2, -0.15) is 0 Å². The summed E-state index contributed by atoms with van der Waals surface area (Å²) in [6, 6.07) is 7.54. The summed E-state index contributed by atoms with van der Waals surface area (Å²) in [7, 11) is 0. The van der Waals surface area contributed by atoms with Crippen LogP contribution in [0.25, 0.3) is 0 Å². The Morgan fingerprint density at radius 2 is 2.12 bits per heavy atom. The number of hydrogen-bond donors (Lipinski definition) is 1. The zero-order valence-corrected chi connectivity index (χ0v) is 10.5. The molecule has 0 saturated carbocycles. The highest BCUT2D eigenvalue weighted by molar-refractivity contribution is 7.07. The Kier molecular flexibility index (Phi) is 4.12. The number of aliphatic hydroxyl groups is 1. The molecule has 3 nitrogen and oxygen atoms in total. The second-order valence-electron chi connectivity index (χ2n) is 3.76. The van der Waals surface area contributed by atoms with E-state index in [0.29, 0.717) is 6.61 Å². The predicted molar refractivity (Wildman–Crippen MR) is 68.1 cm³/mol. The average molecular weight is 249 g/mol. The molecule has 0 aliphatic heterocycles. The first-order chi connectivity index (χ1) is 8.29. The van der Waals surface area contributed by atoms with E-state index in [1.54, 1.807) is 16.8 Å². The maximum Gasteiger partial charge on any atom is 0.131 e. The minimum Gasteiger partial charge on any atom is -0.487 e. The molecule has 4 heteroatoms. The Morgan fingerprint density at radius 3 is 2.71 bits per heavy atom. The van der Waals surface area contributed by atoms with Gasteiger partial charge in [-0.15, -0.1) is 11.3 Å². The Labute approximate surface area is 105 Å². The van der Waals surface area contributed by atoms with Crippen LogP contribution in [0.4, 0.5) is 0 Å². The molecule has 2 rings (SSSR count). The van der Waals surface area contributed by atoms with Crippen molar-refractivity contribution in [2.24, 2.45) is 0 Å². The van der Waals surface area contributed by atoms with E-state index in [2.05, 4.69) is 4.98 Å². The lowest BCUT2D eigenvalue weighted by atomic mass is 10.1. The second-order valence-corrected chi connectivity index (χ2v) is 4.48. The van der Waals surface area contributed by atoms with Gasteiger partial charge in [0.25, 0.3) is 0 Å². The predicted octanol–water partition coefficient (Wildman–Crippen LogP) is 3.17. The lowest BCUT2D eigenvalue weighted by Crippen LogP contribution is -1.97. The van der Waals surface area contributed by atoms with Crippen molar-refractivity contribution in [3.05, 3.63) is 46.4 Å². The van der Waals surface area contributed by atoms with E-state index in [0.717, 1.165) is 23.4 Å². The highest BCUT2D eigenvalue weighted by Gasteiger charge is 2.04. The zero-order valence-electron chi connectivity index (χ0n) is 9.67. The molecule has 0 unspecified atom stereocenters. The van der Waals surface area contributed by atoms with Crippen molar-refractivity contribution in [3.63, 3.8) is 0 Å². The third-order valence-electron chi connectivity index (χ3n) is 2.52. The number of thiazole rings is 1. The van der Waals surface area contributed by atoms with Crippen LogP contribution in [0.1, 0.15) is 30.7 Å². The van der Waals surface area contributed by atoms with Gasteiger partial charge in [-0.1, -0.05) is 19.1 Å². The summed E-state index contributed by atoms with van der Waals surface area (Å²) in [6.07, 6.45) is 0.335. The molecule has 0 radical (unpaired) electrons. The molecule has 0 saturated heterocycles. The van der Waals surface area contributed by atoms with E-state index in [-0.39, 0.29) is 6.10 Å². The molecule has 2 aromatic rings. The van der Waals surface area contributed by atoms with Crippen LogP contribution in [0, 0.1) is 0 Å². The smallest absolute Gasteiger partial charge is 0.131 e. The van der Waals surface area contributed by atoms with Crippen molar-refractivity contribution in [2.75, 3.05) is 0 Å². The third-order valence-corrected chi connectivity index (χ3v) is 3.16. The zero-order chi connectivity index (χ0) is 12.1. The molecule has 0 aliphatic rings. The van der Waals surface area contributed by atoms with Crippen molar-refractivity contribution in [1.29, 1.82) is 0 Å². The van der Waals surface area contributed by atoms with Gasteiger partial charge in [-0.3, -0.25) is 0 Å². The first kappa shape index (κ1) is 12.1. The molecule has 0 fully saturated rings. The van der Waals surface area contributed by atoms with E-state index in [1.807, 2.05) is 36.6 Å². The van der Waals surface area contributed by atoms with E-state index in [1.165, 1.54) is 0 Å². The van der Waals surface area contributed by atoms with Crippen LogP contribution in [0.3, 0.4) is 0 Å². The number of rotatable bonds is 5. The summed E-state index contributed by atoms with van der Waals surface area (Å²) in [5.74, 6) is 0.796. The van der Waals surface area contributed by atoms with Crippen LogP contribution in [-0.2, 0) is 6.61 Å². The molecule has 0 amide bonds. The van der Waals surface area contributed by atoms with E-state index >= 15 is 0 Å². The second kappa shape index (κ2) is 5.80. The minimum atomic E-state index is -0.386. The average Bonchev–Trinajstić information content (AvgIpc) is 2.89. The lowest BCUT2D eigenvalue weighted by Gasteiger charge is -2.09. The van der Waals surface area contributed by atoms with E-state index in [9.17, 15) is 5.11 Å². The van der Waals surface area contributed by atoms with E-state index in [4.69, 9.17) is 4.74 Å². The maximum absolute atomic E-state index is 9.65. The van der Waals surface area contributed by atoms with Gasteiger partial charge in [0.15, 0.2) is 0 Å². The third kappa shape index (κ3) is 3.28. The normalized spacial score (nSPS) is 12.4. The summed E-state index contributed by atoms with van der Waals surface area (Å²) in [6.45, 7) is 2.44. The number of hydrogen-bond acceptors (Lipinski definition) is 4. The standard InChI is InChI=1S/C13H15NO2S/c1-2-13(15)10-3-5-12(6-4-10)16-7-11-8-17-9-14-11/h3-6,8-9,13,15H,2,7H2,1H3/t13-/m0/s1. The van der Waals surface area contributed by atoms with Crippen LogP contribution in [-0.4, -0.2) is 10.1 Å². The van der Waals surface area contributed by atoms with Crippen LogP contribution in [0.15, 0.2) is 35.2 Å². The first-order valence-corrected chi connectivity index (χ1v) is 6.51. The van der Waals surface area contributed by atoms with Gasteiger partial charge in [-0.25, -0.2) is 4.98 Å². The fourth-order valence-electron chi connectivity index (χ4n) is 1.49. The van der Waals surface area contributed by atoms with Gasteiger partial charge in [0.2, 0.25) is 0 Å². The molecule has 1 aromatic carbocycles. The molecular weight excluding hydrogens is 234 g/mol. The maximum atomic E-state index is 9.65. The Balaban J connectivity index is 1.94. The molecule has 90 valence electrons. The van der Waals surface area contributed by atoms with Gasteiger partial charge in [-0.05, 0) is 24.1 Å². The first-order valence-electron chi connectivity index (χ1n) is 5.57. The largest absolute Gasteiger partial charge is 0.487 e. The van der Waals surface area contributed by atoms with Crippen LogP contribution < -0.4 is 4.74 Å². The van der Waals surface area contributed by atoms with Crippen LogP contribution in [0.2, 0.25) is 0 Å². The molecule has 1 heterocycles. The van der Waals surface area contributed by atoms with Gasteiger partial charge in [0, 0.05) is 5.38 Å². The molecule has 1 atom stereocenters. The summed E-state index contributed by atoms with van der Waals surface area (Å²) >= 11 is 1.56. The molecule has 0 bridgehead atoms. The summed E-state index contributed by atoms with van der Waals surface area (Å²) in [4.78, 5) is 4.14. The lowest BCUT2D eigenvalue weighted by molar-refractivity contribution is 0.173. The topological polar surface area (TPSA) is 42.4 Å². The fourth-order valence-corrected chi connectivity index (χ4v) is 2.03. The number of benzene rings is 1. The highest BCUT2D eigenvalue weighted by atomic mass is 32.1. The molecule has 0 aliphatic carbocycles. The fraction of sp³-hybridized carbons (Fsp3) is 0.308. The quantitative estimate of drug-likeness (QED) is 0.885. The monoisotopic (exact) mass is 249 g/mol. The number of nitrogens with zero attached hydrogens (tertiary/aromatic N) is 1. The van der Waals surface area contributed by atoms with Gasteiger partial charge >= 0.3 is 0 Å². The number of ether oxygens (including phenoxy) is 1. The highest BCUT2D eigenvalue weighted by Crippen LogP contribution is 2.20. The molecule has 17 heavy (non-hydrogen) atoms. The van der Waals surface area contributed by atoms with Crippen molar-refractivity contribution in [2.45, 2.75) is 26.1 Å². The summed E-state index contributed by atoms with van der Waals surface area (Å²) in [5, 5.41) is 11.6. The van der Waals surface area contributed by atoms with Gasteiger partial charge in [0.1, 0.15) is 12.4 Å². The molecular formula is C13H15NO2S. The Morgan fingerprint density at radius 1 is 1.35 bits per heavy atom. The van der Waals surface area contributed by atoms with Crippen molar-refractivity contribution >= 4 is 11.3 Å². The molecule has 1 aromatic heterocycles. The van der Waals surface area contributed by atoms with Crippen molar-refractivity contribution in [3.8, 4) is 5.75 Å². The molecule has 0 spiro atoms. The van der Waals surface area contributed by atoms with Gasteiger partial charge < -0.3 is 9.84 Å². The van der Waals surface area contributed by atoms with Crippen molar-refractivity contribution in [1.82, 2.24) is 4.98 Å². The van der Waals surface area contributed by atoms with Gasteiger partial charge in [0.05, 0.1) is 17.3 Å². The van der Waals surface area contributed by atoms with Crippen LogP contribution >= 0.6 is 11.3 Å². The van der Waals surface area contributed by atoms with Crippen LogP contribution in [0.5, 0.6) is 5.75 Å². The van der Waals surface area contributed by atoms with E-state index < -0.39 is 0 Å². The number of aliphatic hydroxyl groups excluding tert-OH is 1. The Bertz CT molecular complexity index is 439. The number of aromatic nitrogens is 1.